The van der Waals surface area contributed by atoms with Gasteiger partial charge in [-0.25, -0.2) is 4.79 Å². The molecule has 5 nitrogen and oxygen atoms in total. The average molecular weight is 335 g/mol. The van der Waals surface area contributed by atoms with Gasteiger partial charge in [-0.05, 0) is 30.2 Å². The Labute approximate surface area is 145 Å². The van der Waals surface area contributed by atoms with E-state index in [1.54, 1.807) is 23.7 Å². The van der Waals surface area contributed by atoms with Gasteiger partial charge in [-0.2, -0.15) is 0 Å². The monoisotopic (exact) mass is 335 g/mol. The molecule has 1 fully saturated rings. The Balaban J connectivity index is 1.49. The highest BCUT2D eigenvalue weighted by Crippen LogP contribution is 2.34. The maximum atomic E-state index is 12.7. The summed E-state index contributed by atoms with van der Waals surface area (Å²) in [5.74, 6) is 0.0251. The lowest BCUT2D eigenvalue weighted by Gasteiger charge is -2.48. The molecular formula is C20H21N3O2. The number of hydrogen-bond acceptors (Lipinski definition) is 2. The molecule has 1 aromatic heterocycles. The van der Waals surface area contributed by atoms with Crippen molar-refractivity contribution in [2.45, 2.75) is 13.3 Å². The largest absolute Gasteiger partial charge is 0.337 e. The lowest BCUT2D eigenvalue weighted by atomic mass is 9.76. The summed E-state index contributed by atoms with van der Waals surface area (Å²) in [4.78, 5) is 29.1. The van der Waals surface area contributed by atoms with Crippen LogP contribution in [0.3, 0.4) is 0 Å². The molecule has 5 heteroatoms. The molecule has 0 saturated carbocycles. The minimum atomic E-state index is -0.168. The van der Waals surface area contributed by atoms with E-state index in [1.165, 1.54) is 5.56 Å². The predicted octanol–water partition coefficient (Wildman–Crippen LogP) is 2.57. The molecule has 2 aromatic carbocycles. The van der Waals surface area contributed by atoms with Crippen molar-refractivity contribution in [3.63, 3.8) is 0 Å². The quantitative estimate of drug-likeness (QED) is 0.800. The van der Waals surface area contributed by atoms with Crippen molar-refractivity contribution in [1.29, 1.82) is 0 Å². The third-order valence-electron chi connectivity index (χ3n) is 5.06. The number of carbonyl (C=O) groups excluding carboxylic acids is 1. The first-order valence-electron chi connectivity index (χ1n) is 8.47. The number of hydrogen-bond donors (Lipinski definition) is 1. The van der Waals surface area contributed by atoms with Gasteiger partial charge < -0.3 is 9.88 Å². The lowest BCUT2D eigenvalue weighted by molar-refractivity contribution is 0.0153. The number of rotatable bonds is 3. The molecule has 4 rings (SSSR count). The summed E-state index contributed by atoms with van der Waals surface area (Å²) in [5.41, 5.74) is 3.39. The van der Waals surface area contributed by atoms with E-state index in [0.29, 0.717) is 11.1 Å². The molecule has 2 heterocycles. The van der Waals surface area contributed by atoms with E-state index in [9.17, 15) is 9.59 Å². The minimum absolute atomic E-state index is 0.0251. The van der Waals surface area contributed by atoms with Crippen LogP contribution in [0.15, 0.2) is 53.3 Å². The van der Waals surface area contributed by atoms with Crippen LogP contribution in [-0.4, -0.2) is 33.4 Å². The number of nitrogens with zero attached hydrogens (tertiary/aromatic N) is 2. The Morgan fingerprint density at radius 2 is 1.88 bits per heavy atom. The molecular weight excluding hydrogens is 314 g/mol. The average Bonchev–Trinajstić information content (AvgIpc) is 2.86. The number of aryl methyl sites for hydroxylation is 1. The van der Waals surface area contributed by atoms with Gasteiger partial charge in [-0.15, -0.1) is 0 Å². The van der Waals surface area contributed by atoms with Gasteiger partial charge in [-0.3, -0.25) is 9.36 Å². The fourth-order valence-electron chi connectivity index (χ4n) is 3.77. The second kappa shape index (κ2) is 5.62. The number of aromatic amines is 1. The van der Waals surface area contributed by atoms with Gasteiger partial charge in [0.05, 0.1) is 11.0 Å². The summed E-state index contributed by atoms with van der Waals surface area (Å²) in [7, 11) is 1.72. The van der Waals surface area contributed by atoms with E-state index in [1.807, 2.05) is 17.0 Å². The number of aromatic nitrogens is 2. The Morgan fingerprint density at radius 1 is 1.16 bits per heavy atom. The van der Waals surface area contributed by atoms with Gasteiger partial charge >= 0.3 is 5.69 Å². The first-order valence-corrected chi connectivity index (χ1v) is 8.47. The molecule has 1 N–H and O–H groups in total. The Bertz CT molecular complexity index is 995. The molecule has 0 aliphatic carbocycles. The molecule has 1 aliphatic heterocycles. The van der Waals surface area contributed by atoms with Gasteiger partial charge in [-0.1, -0.05) is 37.3 Å². The molecule has 1 aliphatic rings. The van der Waals surface area contributed by atoms with Crippen molar-refractivity contribution in [3.8, 4) is 0 Å². The van der Waals surface area contributed by atoms with Gasteiger partial charge in [0.2, 0.25) is 0 Å². The first-order chi connectivity index (χ1) is 12.0. The first kappa shape index (κ1) is 15.7. The van der Waals surface area contributed by atoms with Gasteiger partial charge in [0.1, 0.15) is 0 Å². The molecule has 3 aromatic rings. The summed E-state index contributed by atoms with van der Waals surface area (Å²) in [5, 5.41) is 0. The number of imidazole rings is 1. The number of carbonyl (C=O) groups is 1. The van der Waals surface area contributed by atoms with E-state index in [2.05, 4.69) is 36.2 Å². The van der Waals surface area contributed by atoms with Crippen LogP contribution in [-0.2, 0) is 13.5 Å². The topological polar surface area (TPSA) is 58.1 Å². The SMILES string of the molecule is Cn1c(=O)[nH]c2cc(C(=O)N3CC(C)(Cc4ccccc4)C3)ccc21. The Kier molecular flexibility index (Phi) is 3.53. The molecule has 0 atom stereocenters. The number of fused-ring (bicyclic) bond motifs is 1. The maximum absolute atomic E-state index is 12.7. The number of benzene rings is 2. The van der Waals surface area contributed by atoms with Crippen LogP contribution >= 0.6 is 0 Å². The zero-order valence-corrected chi connectivity index (χ0v) is 14.5. The highest BCUT2D eigenvalue weighted by molar-refractivity contribution is 5.97. The second-order valence-electron chi connectivity index (χ2n) is 7.36. The fraction of sp³-hybridized carbons (Fsp3) is 0.300. The van der Waals surface area contributed by atoms with Crippen molar-refractivity contribution in [1.82, 2.24) is 14.5 Å². The van der Waals surface area contributed by atoms with Crippen molar-refractivity contribution >= 4 is 16.9 Å². The van der Waals surface area contributed by atoms with Crippen molar-refractivity contribution < 1.29 is 4.79 Å². The predicted molar refractivity (Wildman–Crippen MR) is 97.7 cm³/mol. The number of likely N-dealkylation sites (tertiary alicyclic amines) is 1. The van der Waals surface area contributed by atoms with Crippen LogP contribution in [0.4, 0.5) is 0 Å². The molecule has 25 heavy (non-hydrogen) atoms. The van der Waals surface area contributed by atoms with Crippen LogP contribution in [0.25, 0.3) is 11.0 Å². The molecule has 0 bridgehead atoms. The van der Waals surface area contributed by atoms with Crippen LogP contribution in [0.2, 0.25) is 0 Å². The fourth-order valence-corrected chi connectivity index (χ4v) is 3.77. The molecule has 0 unspecified atom stereocenters. The zero-order chi connectivity index (χ0) is 17.6. The van der Waals surface area contributed by atoms with Crippen molar-refractivity contribution in [2.24, 2.45) is 12.5 Å². The smallest absolute Gasteiger partial charge is 0.326 e. The molecule has 1 amide bonds. The van der Waals surface area contributed by atoms with E-state index < -0.39 is 0 Å². The summed E-state index contributed by atoms with van der Waals surface area (Å²) >= 11 is 0. The standard InChI is InChI=1S/C20H21N3O2/c1-20(11-14-6-4-3-5-7-14)12-23(13-20)18(24)15-8-9-17-16(10-15)21-19(25)22(17)2/h3-10H,11-13H2,1-2H3,(H,21,25). The maximum Gasteiger partial charge on any atom is 0.326 e. The lowest BCUT2D eigenvalue weighted by Crippen LogP contribution is -2.57. The minimum Gasteiger partial charge on any atom is -0.337 e. The van der Waals surface area contributed by atoms with Gasteiger partial charge in [0.25, 0.3) is 5.91 Å². The van der Waals surface area contributed by atoms with Crippen LogP contribution < -0.4 is 5.69 Å². The van der Waals surface area contributed by atoms with Crippen LogP contribution in [0.5, 0.6) is 0 Å². The number of nitrogens with one attached hydrogen (secondary N) is 1. The van der Waals surface area contributed by atoms with Crippen molar-refractivity contribution in [3.05, 3.63) is 70.1 Å². The second-order valence-corrected chi connectivity index (χ2v) is 7.36. The molecule has 1 saturated heterocycles. The highest BCUT2D eigenvalue weighted by atomic mass is 16.2. The third kappa shape index (κ3) is 2.76. The van der Waals surface area contributed by atoms with E-state index in [-0.39, 0.29) is 17.0 Å². The molecule has 0 spiro atoms. The van der Waals surface area contributed by atoms with E-state index >= 15 is 0 Å². The molecule has 0 radical (unpaired) electrons. The number of amides is 1. The Hall–Kier alpha value is -2.82. The Morgan fingerprint density at radius 3 is 2.60 bits per heavy atom. The summed E-state index contributed by atoms with van der Waals surface area (Å²) in [6.45, 7) is 3.73. The van der Waals surface area contributed by atoms with Crippen LogP contribution in [0.1, 0.15) is 22.8 Å². The summed E-state index contributed by atoms with van der Waals surface area (Å²) < 4.78 is 1.55. The normalized spacial score (nSPS) is 16.0. The third-order valence-corrected chi connectivity index (χ3v) is 5.06. The van der Waals surface area contributed by atoms with Crippen molar-refractivity contribution in [2.75, 3.05) is 13.1 Å². The van der Waals surface area contributed by atoms with E-state index in [0.717, 1.165) is 25.0 Å². The number of H-pyrrole nitrogens is 1. The van der Waals surface area contributed by atoms with Gasteiger partial charge in [0.15, 0.2) is 0 Å². The van der Waals surface area contributed by atoms with Gasteiger partial charge in [0, 0.05) is 31.1 Å². The zero-order valence-electron chi connectivity index (χ0n) is 14.5. The molecule has 128 valence electrons. The highest BCUT2D eigenvalue weighted by Gasteiger charge is 2.41. The van der Waals surface area contributed by atoms with Crippen LogP contribution in [0, 0.1) is 5.41 Å². The summed E-state index contributed by atoms with van der Waals surface area (Å²) in [6.07, 6.45) is 0.975. The summed E-state index contributed by atoms with van der Waals surface area (Å²) in [6, 6.07) is 15.8. The van der Waals surface area contributed by atoms with E-state index in [4.69, 9.17) is 0 Å².